The molecule has 0 aromatic carbocycles. The maximum Gasteiger partial charge on any atom is 0.118 e. The molecule has 1 aromatic rings. The second-order valence-electron chi connectivity index (χ2n) is 5.30. The van der Waals surface area contributed by atoms with Gasteiger partial charge in [-0.05, 0) is 56.8 Å². The third-order valence-corrected chi connectivity index (χ3v) is 4.18. The molecule has 1 aliphatic rings. The van der Waals surface area contributed by atoms with E-state index in [0.717, 1.165) is 50.4 Å². The van der Waals surface area contributed by atoms with E-state index in [1.165, 1.54) is 0 Å². The highest BCUT2D eigenvalue weighted by molar-refractivity contribution is 5.05. The fraction of sp³-hybridized carbons (Fsp3) is 0.714. The van der Waals surface area contributed by atoms with E-state index in [0.29, 0.717) is 6.61 Å². The van der Waals surface area contributed by atoms with Gasteiger partial charge in [0.2, 0.25) is 0 Å². The summed E-state index contributed by atoms with van der Waals surface area (Å²) >= 11 is 0. The van der Waals surface area contributed by atoms with E-state index in [2.05, 4.69) is 17.9 Å². The number of hydrogen-bond acceptors (Lipinski definition) is 3. The maximum atomic E-state index is 9.48. The molecule has 0 atom stereocenters. The van der Waals surface area contributed by atoms with Crippen LogP contribution in [-0.2, 0) is 6.54 Å². The van der Waals surface area contributed by atoms with Crippen molar-refractivity contribution >= 4 is 0 Å². The minimum absolute atomic E-state index is 0.176. The molecule has 96 valence electrons. The van der Waals surface area contributed by atoms with Gasteiger partial charge in [0.25, 0.3) is 0 Å². The van der Waals surface area contributed by atoms with Gasteiger partial charge in [-0.2, -0.15) is 0 Å². The van der Waals surface area contributed by atoms with Crippen LogP contribution in [0.25, 0.3) is 0 Å². The highest BCUT2D eigenvalue weighted by atomic mass is 16.3. The van der Waals surface area contributed by atoms with Gasteiger partial charge in [0.05, 0.1) is 6.54 Å². The van der Waals surface area contributed by atoms with E-state index in [-0.39, 0.29) is 5.41 Å². The van der Waals surface area contributed by atoms with Crippen molar-refractivity contribution < 1.29 is 9.52 Å². The molecule has 0 amide bonds. The lowest BCUT2D eigenvalue weighted by Gasteiger charge is -2.39. The highest BCUT2D eigenvalue weighted by Gasteiger charge is 2.32. The molecular formula is C14H23NO2. The van der Waals surface area contributed by atoms with Gasteiger partial charge in [0.15, 0.2) is 0 Å². The second kappa shape index (κ2) is 5.23. The molecule has 1 N–H and O–H groups in total. The summed E-state index contributed by atoms with van der Waals surface area (Å²) in [5.41, 5.74) is 0.176. The molecule has 17 heavy (non-hydrogen) atoms. The molecule has 1 fully saturated rings. The molecule has 1 aliphatic heterocycles. The molecule has 3 heteroatoms. The Balaban J connectivity index is 1.87. The minimum Gasteiger partial charge on any atom is -0.465 e. The van der Waals surface area contributed by atoms with Crippen molar-refractivity contribution in [1.82, 2.24) is 4.90 Å². The third-order valence-electron chi connectivity index (χ3n) is 4.18. The van der Waals surface area contributed by atoms with Crippen molar-refractivity contribution in [2.75, 3.05) is 19.7 Å². The summed E-state index contributed by atoms with van der Waals surface area (Å²) in [6.07, 6.45) is 3.27. The molecule has 1 aromatic heterocycles. The van der Waals surface area contributed by atoms with E-state index in [1.54, 1.807) is 0 Å². The first-order chi connectivity index (χ1) is 8.17. The summed E-state index contributed by atoms with van der Waals surface area (Å²) in [5.74, 6) is 2.03. The Bertz CT molecular complexity index is 345. The zero-order valence-corrected chi connectivity index (χ0v) is 10.9. The quantitative estimate of drug-likeness (QED) is 0.874. The smallest absolute Gasteiger partial charge is 0.118 e. The lowest BCUT2D eigenvalue weighted by molar-refractivity contribution is 0.0360. The van der Waals surface area contributed by atoms with Crippen molar-refractivity contribution in [1.29, 1.82) is 0 Å². The van der Waals surface area contributed by atoms with Crippen molar-refractivity contribution in [3.63, 3.8) is 0 Å². The van der Waals surface area contributed by atoms with Crippen molar-refractivity contribution in [3.05, 3.63) is 23.7 Å². The first-order valence-corrected chi connectivity index (χ1v) is 6.56. The lowest BCUT2D eigenvalue weighted by atomic mass is 9.77. The number of furan rings is 1. The van der Waals surface area contributed by atoms with Crippen molar-refractivity contribution in [2.45, 2.75) is 39.7 Å². The zero-order chi connectivity index (χ0) is 12.3. The number of aliphatic hydroxyl groups is 1. The van der Waals surface area contributed by atoms with Gasteiger partial charge in [-0.3, -0.25) is 4.90 Å². The SMILES string of the molecule is CCC1(CO)CCN(Cc2ccc(C)o2)CC1. The van der Waals surface area contributed by atoms with Crippen LogP contribution in [0.15, 0.2) is 16.5 Å². The fourth-order valence-electron chi connectivity index (χ4n) is 2.60. The summed E-state index contributed by atoms with van der Waals surface area (Å²) in [6.45, 7) is 7.52. The number of piperidine rings is 1. The number of nitrogens with zero attached hydrogens (tertiary/aromatic N) is 1. The average molecular weight is 237 g/mol. The molecule has 0 bridgehead atoms. The van der Waals surface area contributed by atoms with E-state index in [9.17, 15) is 5.11 Å². The van der Waals surface area contributed by atoms with Gasteiger partial charge in [-0.15, -0.1) is 0 Å². The Morgan fingerprint density at radius 2 is 2.06 bits per heavy atom. The predicted octanol–water partition coefficient (Wildman–Crippen LogP) is 2.57. The Morgan fingerprint density at radius 3 is 2.53 bits per heavy atom. The van der Waals surface area contributed by atoms with Crippen molar-refractivity contribution in [3.8, 4) is 0 Å². The standard InChI is InChI=1S/C14H23NO2/c1-3-14(11-16)6-8-15(9-7-14)10-13-5-4-12(2)17-13/h4-5,16H,3,6-11H2,1-2H3. The van der Waals surface area contributed by atoms with Crippen LogP contribution in [0.3, 0.4) is 0 Å². The van der Waals surface area contributed by atoms with Gasteiger partial charge < -0.3 is 9.52 Å². The lowest BCUT2D eigenvalue weighted by Crippen LogP contribution is -2.41. The van der Waals surface area contributed by atoms with Crippen LogP contribution in [0.2, 0.25) is 0 Å². The third kappa shape index (κ3) is 2.90. The summed E-state index contributed by atoms with van der Waals surface area (Å²) in [6, 6.07) is 4.08. The summed E-state index contributed by atoms with van der Waals surface area (Å²) in [4.78, 5) is 2.42. The van der Waals surface area contributed by atoms with Gasteiger partial charge in [0, 0.05) is 6.61 Å². The van der Waals surface area contributed by atoms with Gasteiger partial charge in [-0.25, -0.2) is 0 Å². The zero-order valence-electron chi connectivity index (χ0n) is 10.9. The van der Waals surface area contributed by atoms with Crippen LogP contribution in [0.4, 0.5) is 0 Å². The fourth-order valence-corrected chi connectivity index (χ4v) is 2.60. The largest absolute Gasteiger partial charge is 0.465 e. The molecule has 1 saturated heterocycles. The van der Waals surface area contributed by atoms with Crippen LogP contribution in [0.5, 0.6) is 0 Å². The Hall–Kier alpha value is -0.800. The van der Waals surface area contributed by atoms with Gasteiger partial charge in [0.1, 0.15) is 11.5 Å². The minimum atomic E-state index is 0.176. The first kappa shape index (κ1) is 12.7. The summed E-state index contributed by atoms with van der Waals surface area (Å²) in [7, 11) is 0. The molecule has 2 rings (SSSR count). The molecule has 0 unspecified atom stereocenters. The van der Waals surface area contributed by atoms with E-state index in [4.69, 9.17) is 4.42 Å². The predicted molar refractivity (Wildman–Crippen MR) is 67.8 cm³/mol. The van der Waals surface area contributed by atoms with Crippen LogP contribution in [0, 0.1) is 12.3 Å². The average Bonchev–Trinajstić information content (AvgIpc) is 2.76. The molecule has 2 heterocycles. The van der Waals surface area contributed by atoms with Crippen molar-refractivity contribution in [2.24, 2.45) is 5.41 Å². The van der Waals surface area contributed by atoms with Crippen LogP contribution >= 0.6 is 0 Å². The first-order valence-electron chi connectivity index (χ1n) is 6.56. The highest BCUT2D eigenvalue weighted by Crippen LogP contribution is 2.34. The molecule has 3 nitrogen and oxygen atoms in total. The Morgan fingerprint density at radius 1 is 1.35 bits per heavy atom. The number of rotatable bonds is 4. The number of likely N-dealkylation sites (tertiary alicyclic amines) is 1. The normalized spacial score (nSPS) is 20.6. The summed E-state index contributed by atoms with van der Waals surface area (Å²) < 4.78 is 5.60. The van der Waals surface area contributed by atoms with Crippen LogP contribution in [-0.4, -0.2) is 29.7 Å². The van der Waals surface area contributed by atoms with Gasteiger partial charge >= 0.3 is 0 Å². The summed E-state index contributed by atoms with van der Waals surface area (Å²) in [5, 5.41) is 9.48. The molecule has 0 saturated carbocycles. The molecule has 0 radical (unpaired) electrons. The van der Waals surface area contributed by atoms with E-state index in [1.807, 2.05) is 13.0 Å². The Kier molecular flexibility index (Phi) is 3.89. The molecule has 0 aliphatic carbocycles. The monoisotopic (exact) mass is 237 g/mol. The van der Waals surface area contributed by atoms with Crippen LogP contribution in [0.1, 0.15) is 37.7 Å². The number of aliphatic hydroxyl groups excluding tert-OH is 1. The molecular weight excluding hydrogens is 214 g/mol. The number of aryl methyl sites for hydroxylation is 1. The maximum absolute atomic E-state index is 9.48. The second-order valence-corrected chi connectivity index (χ2v) is 5.30. The Labute approximate surface area is 103 Å². The molecule has 0 spiro atoms. The topological polar surface area (TPSA) is 36.6 Å². The van der Waals surface area contributed by atoms with Gasteiger partial charge in [-0.1, -0.05) is 6.92 Å². The van der Waals surface area contributed by atoms with E-state index < -0.39 is 0 Å². The van der Waals surface area contributed by atoms with E-state index >= 15 is 0 Å². The van der Waals surface area contributed by atoms with Crippen LogP contribution < -0.4 is 0 Å². The number of hydrogen-bond donors (Lipinski definition) is 1.